The molecule has 1 fully saturated rings. The number of ether oxygens (including phenoxy) is 1. The molecule has 0 spiro atoms. The first-order chi connectivity index (χ1) is 9.70. The molecule has 0 aromatic heterocycles. The van der Waals surface area contributed by atoms with Gasteiger partial charge in [-0.3, -0.25) is 10.1 Å². The Morgan fingerprint density at radius 3 is 2.75 bits per heavy atom. The molecule has 1 aliphatic rings. The van der Waals surface area contributed by atoms with Gasteiger partial charge in [-0.1, -0.05) is 32.1 Å². The highest BCUT2D eigenvalue weighted by molar-refractivity contribution is 5.57. The Morgan fingerprint density at radius 2 is 2.10 bits per heavy atom. The number of rotatable bonds is 6. The summed E-state index contributed by atoms with van der Waals surface area (Å²) >= 11 is 0. The maximum atomic E-state index is 10.8. The fourth-order valence-electron chi connectivity index (χ4n) is 2.83. The highest BCUT2D eigenvalue weighted by Crippen LogP contribution is 2.30. The average molecular weight is 278 g/mol. The molecule has 1 saturated carbocycles. The van der Waals surface area contributed by atoms with Gasteiger partial charge in [-0.2, -0.15) is 0 Å². The molecule has 0 aliphatic heterocycles. The predicted octanol–water partition coefficient (Wildman–Crippen LogP) is 3.99. The normalized spacial score (nSPS) is 15.8. The molecule has 5 nitrogen and oxygen atoms in total. The Labute approximate surface area is 119 Å². The second-order valence-electron chi connectivity index (χ2n) is 5.36. The van der Waals surface area contributed by atoms with Crippen LogP contribution in [0.25, 0.3) is 0 Å². The summed E-state index contributed by atoms with van der Waals surface area (Å²) in [7, 11) is 1.45. The van der Waals surface area contributed by atoms with Gasteiger partial charge >= 0.3 is 5.69 Å². The zero-order valence-corrected chi connectivity index (χ0v) is 11.9. The van der Waals surface area contributed by atoms with E-state index < -0.39 is 4.92 Å². The second kappa shape index (κ2) is 7.12. The summed E-state index contributed by atoms with van der Waals surface area (Å²) in [5.41, 5.74) is 0.883. The van der Waals surface area contributed by atoms with Crippen LogP contribution in [0.15, 0.2) is 18.2 Å². The molecule has 0 bridgehead atoms. The van der Waals surface area contributed by atoms with E-state index in [4.69, 9.17) is 4.74 Å². The fraction of sp³-hybridized carbons (Fsp3) is 0.600. The van der Waals surface area contributed by atoms with Crippen LogP contribution in [0.2, 0.25) is 0 Å². The summed E-state index contributed by atoms with van der Waals surface area (Å²) in [6, 6.07) is 4.92. The zero-order valence-electron chi connectivity index (χ0n) is 11.9. The molecule has 2 rings (SSSR count). The van der Waals surface area contributed by atoms with Gasteiger partial charge in [0.05, 0.1) is 12.0 Å². The lowest BCUT2D eigenvalue weighted by Crippen LogP contribution is -2.12. The smallest absolute Gasteiger partial charge is 0.311 e. The van der Waals surface area contributed by atoms with Crippen molar-refractivity contribution in [2.75, 3.05) is 19.0 Å². The van der Waals surface area contributed by atoms with E-state index in [0.717, 1.165) is 18.2 Å². The number of methoxy groups -OCH3 is 1. The van der Waals surface area contributed by atoms with Crippen molar-refractivity contribution in [1.29, 1.82) is 0 Å². The van der Waals surface area contributed by atoms with Crippen molar-refractivity contribution in [3.05, 3.63) is 28.3 Å². The maximum Gasteiger partial charge on any atom is 0.311 e. The van der Waals surface area contributed by atoms with E-state index in [1.807, 2.05) is 0 Å². The number of nitro groups is 1. The molecule has 0 amide bonds. The highest BCUT2D eigenvalue weighted by Gasteiger charge is 2.15. The molecule has 5 heteroatoms. The molecular weight excluding hydrogens is 256 g/mol. The monoisotopic (exact) mass is 278 g/mol. The Kier molecular flexibility index (Phi) is 5.21. The molecular formula is C15H22N2O3. The van der Waals surface area contributed by atoms with Crippen LogP contribution in [-0.4, -0.2) is 18.6 Å². The van der Waals surface area contributed by atoms with Gasteiger partial charge in [0.1, 0.15) is 0 Å². The van der Waals surface area contributed by atoms with Crippen LogP contribution < -0.4 is 10.1 Å². The first-order valence-corrected chi connectivity index (χ1v) is 7.27. The summed E-state index contributed by atoms with van der Waals surface area (Å²) in [4.78, 5) is 10.4. The van der Waals surface area contributed by atoms with Crippen LogP contribution in [0.5, 0.6) is 5.75 Å². The molecule has 0 saturated heterocycles. The van der Waals surface area contributed by atoms with Crippen LogP contribution in [0, 0.1) is 16.0 Å². The average Bonchev–Trinajstić information content (AvgIpc) is 2.48. The first kappa shape index (κ1) is 14.6. The van der Waals surface area contributed by atoms with Gasteiger partial charge in [0.25, 0.3) is 0 Å². The quantitative estimate of drug-likeness (QED) is 0.631. The van der Waals surface area contributed by atoms with Crippen LogP contribution in [0.3, 0.4) is 0 Å². The minimum Gasteiger partial charge on any atom is -0.490 e. The van der Waals surface area contributed by atoms with Gasteiger partial charge in [0, 0.05) is 24.4 Å². The lowest BCUT2D eigenvalue weighted by molar-refractivity contribution is -0.385. The van der Waals surface area contributed by atoms with Gasteiger partial charge in [0.15, 0.2) is 5.75 Å². The number of hydrogen-bond acceptors (Lipinski definition) is 4. The number of anilines is 1. The van der Waals surface area contributed by atoms with E-state index >= 15 is 0 Å². The van der Waals surface area contributed by atoms with Crippen molar-refractivity contribution in [1.82, 2.24) is 0 Å². The van der Waals surface area contributed by atoms with Crippen LogP contribution in [-0.2, 0) is 0 Å². The Hall–Kier alpha value is -1.78. The van der Waals surface area contributed by atoms with Gasteiger partial charge < -0.3 is 10.1 Å². The summed E-state index contributed by atoms with van der Waals surface area (Å²) in [6.45, 7) is 0.908. The van der Waals surface area contributed by atoms with Crippen LogP contribution in [0.1, 0.15) is 38.5 Å². The van der Waals surface area contributed by atoms with E-state index in [1.54, 1.807) is 12.1 Å². The summed E-state index contributed by atoms with van der Waals surface area (Å²) in [5.74, 6) is 1.13. The first-order valence-electron chi connectivity index (χ1n) is 7.27. The molecule has 0 atom stereocenters. The minimum absolute atomic E-state index is 0.00494. The summed E-state index contributed by atoms with van der Waals surface area (Å²) < 4.78 is 5.06. The molecule has 0 radical (unpaired) electrons. The molecule has 1 aromatic rings. The molecule has 0 unspecified atom stereocenters. The largest absolute Gasteiger partial charge is 0.490 e. The number of benzene rings is 1. The second-order valence-corrected chi connectivity index (χ2v) is 5.36. The van der Waals surface area contributed by atoms with Crippen LogP contribution in [0.4, 0.5) is 11.4 Å². The Balaban J connectivity index is 1.87. The number of hydrogen-bond donors (Lipinski definition) is 1. The third-order valence-corrected chi connectivity index (χ3v) is 3.98. The Morgan fingerprint density at radius 1 is 1.35 bits per heavy atom. The van der Waals surface area contributed by atoms with Crippen LogP contribution >= 0.6 is 0 Å². The van der Waals surface area contributed by atoms with Crippen molar-refractivity contribution in [2.24, 2.45) is 5.92 Å². The van der Waals surface area contributed by atoms with Gasteiger partial charge in [0.2, 0.25) is 0 Å². The summed E-state index contributed by atoms with van der Waals surface area (Å²) in [5, 5.41) is 14.1. The highest BCUT2D eigenvalue weighted by atomic mass is 16.6. The standard InChI is InChI=1S/C15H22N2O3/c1-20-15-11-13(7-8-14(15)17(18)19)16-10-9-12-5-3-2-4-6-12/h7-8,11-12,16H,2-6,9-10H2,1H3. The third-order valence-electron chi connectivity index (χ3n) is 3.98. The third kappa shape index (κ3) is 3.85. The van der Waals surface area contributed by atoms with E-state index in [9.17, 15) is 10.1 Å². The molecule has 110 valence electrons. The SMILES string of the molecule is COc1cc(NCCC2CCCCC2)ccc1[N+](=O)[O-]. The number of nitro benzene ring substituents is 1. The minimum atomic E-state index is -0.426. The molecule has 1 aromatic carbocycles. The van der Waals surface area contributed by atoms with Gasteiger partial charge in [-0.25, -0.2) is 0 Å². The lowest BCUT2D eigenvalue weighted by atomic mass is 9.87. The molecule has 1 N–H and O–H groups in total. The zero-order chi connectivity index (χ0) is 14.4. The van der Waals surface area contributed by atoms with Crippen molar-refractivity contribution >= 4 is 11.4 Å². The molecule has 0 heterocycles. The van der Waals surface area contributed by atoms with Gasteiger partial charge in [-0.15, -0.1) is 0 Å². The van der Waals surface area contributed by atoms with Crippen molar-refractivity contribution < 1.29 is 9.66 Å². The van der Waals surface area contributed by atoms with E-state index in [-0.39, 0.29) is 5.69 Å². The topological polar surface area (TPSA) is 64.4 Å². The van der Waals surface area contributed by atoms with E-state index in [2.05, 4.69) is 5.32 Å². The van der Waals surface area contributed by atoms with Crippen molar-refractivity contribution in [3.8, 4) is 5.75 Å². The van der Waals surface area contributed by atoms with Crippen molar-refractivity contribution in [2.45, 2.75) is 38.5 Å². The fourth-order valence-corrected chi connectivity index (χ4v) is 2.83. The predicted molar refractivity (Wildman–Crippen MR) is 79.3 cm³/mol. The van der Waals surface area contributed by atoms with Gasteiger partial charge in [-0.05, 0) is 18.4 Å². The number of nitrogens with one attached hydrogen (secondary N) is 1. The maximum absolute atomic E-state index is 10.8. The summed E-state index contributed by atoms with van der Waals surface area (Å²) in [6.07, 6.45) is 7.94. The Bertz CT molecular complexity index is 456. The van der Waals surface area contributed by atoms with Crippen molar-refractivity contribution in [3.63, 3.8) is 0 Å². The van der Waals surface area contributed by atoms with E-state index in [0.29, 0.717) is 5.75 Å². The van der Waals surface area contributed by atoms with E-state index in [1.165, 1.54) is 51.7 Å². The molecule has 1 aliphatic carbocycles. The number of nitrogens with zero attached hydrogens (tertiary/aromatic N) is 1. The molecule has 20 heavy (non-hydrogen) atoms. The lowest BCUT2D eigenvalue weighted by Gasteiger charge is -2.21.